The van der Waals surface area contributed by atoms with Gasteiger partial charge in [0.2, 0.25) is 0 Å². The molecule has 0 unspecified atom stereocenters. The first-order valence-electron chi connectivity index (χ1n) is 7.75. The number of nitrogens with zero attached hydrogens (tertiary/aromatic N) is 1. The third-order valence-electron chi connectivity index (χ3n) is 4.14. The Morgan fingerprint density at radius 2 is 2.09 bits per heavy atom. The van der Waals surface area contributed by atoms with E-state index in [2.05, 4.69) is 0 Å². The number of benzene rings is 1. The molecule has 1 aromatic heterocycles. The molecule has 2 heterocycles. The van der Waals surface area contributed by atoms with Gasteiger partial charge in [-0.2, -0.15) is 0 Å². The van der Waals surface area contributed by atoms with Crippen LogP contribution in [0, 0.1) is 0 Å². The number of ether oxygens (including phenoxy) is 1. The van der Waals surface area contributed by atoms with Crippen molar-refractivity contribution in [2.75, 3.05) is 6.61 Å². The number of hydrogen-bond acceptors (Lipinski definition) is 3. The van der Waals surface area contributed by atoms with Crippen molar-refractivity contribution in [1.29, 1.82) is 0 Å². The Morgan fingerprint density at radius 3 is 2.73 bits per heavy atom. The first-order valence-corrected chi connectivity index (χ1v) is 7.75. The fourth-order valence-corrected chi connectivity index (χ4v) is 2.85. The van der Waals surface area contributed by atoms with Gasteiger partial charge in [-0.3, -0.25) is 4.79 Å². The lowest BCUT2D eigenvalue weighted by Crippen LogP contribution is -2.40. The summed E-state index contributed by atoms with van der Waals surface area (Å²) >= 11 is 0. The van der Waals surface area contributed by atoms with Gasteiger partial charge in [-0.05, 0) is 37.5 Å². The fraction of sp³-hybridized carbons (Fsp3) is 0.389. The summed E-state index contributed by atoms with van der Waals surface area (Å²) in [4.78, 5) is 14.7. The van der Waals surface area contributed by atoms with Crippen molar-refractivity contribution in [3.05, 3.63) is 60.1 Å². The molecule has 1 amide bonds. The normalized spacial score (nSPS) is 19.0. The van der Waals surface area contributed by atoms with Gasteiger partial charge in [-0.15, -0.1) is 0 Å². The average Bonchev–Trinajstić information content (AvgIpc) is 3.25. The average molecular weight is 299 g/mol. The number of furan rings is 1. The van der Waals surface area contributed by atoms with E-state index in [9.17, 15) is 4.79 Å². The molecule has 3 rings (SSSR count). The van der Waals surface area contributed by atoms with Gasteiger partial charge < -0.3 is 14.1 Å². The zero-order valence-corrected chi connectivity index (χ0v) is 12.8. The van der Waals surface area contributed by atoms with Crippen LogP contribution in [0.2, 0.25) is 0 Å². The van der Waals surface area contributed by atoms with Crippen LogP contribution in [0.1, 0.15) is 37.1 Å². The summed E-state index contributed by atoms with van der Waals surface area (Å²) in [6.07, 6.45) is 3.07. The van der Waals surface area contributed by atoms with Crippen LogP contribution in [0.5, 0.6) is 0 Å². The summed E-state index contributed by atoms with van der Waals surface area (Å²) in [7, 11) is 0. The standard InChI is InChI=1S/C18H21NO3/c1-14(15-7-3-2-4-8-15)19(13-16-9-5-11-21-16)18(20)17-10-6-12-22-17/h2-5,7-9,11,14,17H,6,10,12-13H2,1H3/t14-,17-/m1/s1. The number of amides is 1. The molecule has 0 N–H and O–H groups in total. The summed E-state index contributed by atoms with van der Waals surface area (Å²) in [6.45, 7) is 3.18. The lowest BCUT2D eigenvalue weighted by atomic mass is 10.1. The van der Waals surface area contributed by atoms with E-state index in [4.69, 9.17) is 9.15 Å². The highest BCUT2D eigenvalue weighted by atomic mass is 16.5. The van der Waals surface area contributed by atoms with Gasteiger partial charge in [0.1, 0.15) is 11.9 Å². The summed E-state index contributed by atoms with van der Waals surface area (Å²) in [5.41, 5.74) is 1.11. The van der Waals surface area contributed by atoms with Crippen molar-refractivity contribution < 1.29 is 13.9 Å². The largest absolute Gasteiger partial charge is 0.467 e. The highest BCUT2D eigenvalue weighted by Gasteiger charge is 2.31. The summed E-state index contributed by atoms with van der Waals surface area (Å²) in [5, 5.41) is 0. The van der Waals surface area contributed by atoms with E-state index in [1.807, 2.05) is 54.3 Å². The lowest BCUT2D eigenvalue weighted by molar-refractivity contribution is -0.144. The number of rotatable bonds is 5. The molecule has 1 saturated heterocycles. The molecule has 1 aromatic carbocycles. The van der Waals surface area contributed by atoms with Crippen LogP contribution in [-0.4, -0.2) is 23.5 Å². The van der Waals surface area contributed by atoms with Gasteiger partial charge in [0.25, 0.3) is 5.91 Å². The fourth-order valence-electron chi connectivity index (χ4n) is 2.85. The minimum absolute atomic E-state index is 0.0250. The van der Waals surface area contributed by atoms with Crippen LogP contribution >= 0.6 is 0 Å². The minimum atomic E-state index is -0.318. The predicted octanol–water partition coefficient (Wildman–Crippen LogP) is 3.55. The van der Waals surface area contributed by atoms with Crippen LogP contribution < -0.4 is 0 Å². The number of carbonyl (C=O) groups excluding carboxylic acids is 1. The molecular weight excluding hydrogens is 278 g/mol. The SMILES string of the molecule is C[C@H](c1ccccc1)N(Cc1ccco1)C(=O)[C@H]1CCCO1. The zero-order chi connectivity index (χ0) is 15.4. The molecule has 1 aliphatic rings. The highest BCUT2D eigenvalue weighted by molar-refractivity contribution is 5.81. The molecule has 0 bridgehead atoms. The molecule has 22 heavy (non-hydrogen) atoms. The summed E-state index contributed by atoms with van der Waals surface area (Å²) in [5.74, 6) is 0.833. The molecule has 0 radical (unpaired) electrons. The van der Waals surface area contributed by atoms with Crippen LogP contribution in [0.4, 0.5) is 0 Å². The second-order valence-electron chi connectivity index (χ2n) is 5.63. The molecule has 4 nitrogen and oxygen atoms in total. The third kappa shape index (κ3) is 3.22. The van der Waals surface area contributed by atoms with Crippen molar-refractivity contribution >= 4 is 5.91 Å². The predicted molar refractivity (Wildman–Crippen MR) is 83.1 cm³/mol. The van der Waals surface area contributed by atoms with Crippen molar-refractivity contribution in [2.24, 2.45) is 0 Å². The molecule has 1 fully saturated rings. The maximum Gasteiger partial charge on any atom is 0.252 e. The minimum Gasteiger partial charge on any atom is -0.467 e. The second-order valence-corrected chi connectivity index (χ2v) is 5.63. The highest BCUT2D eigenvalue weighted by Crippen LogP contribution is 2.26. The Hall–Kier alpha value is -2.07. The van der Waals surface area contributed by atoms with Crippen LogP contribution in [0.25, 0.3) is 0 Å². The topological polar surface area (TPSA) is 42.7 Å². The maximum atomic E-state index is 12.8. The maximum absolute atomic E-state index is 12.8. The van der Waals surface area contributed by atoms with Gasteiger partial charge in [-0.25, -0.2) is 0 Å². The second kappa shape index (κ2) is 6.79. The van der Waals surface area contributed by atoms with Gasteiger partial charge in [0.05, 0.1) is 18.8 Å². The lowest BCUT2D eigenvalue weighted by Gasteiger charge is -2.31. The first kappa shape index (κ1) is 14.9. The van der Waals surface area contributed by atoms with E-state index in [-0.39, 0.29) is 18.1 Å². The summed E-state index contributed by atoms with van der Waals surface area (Å²) < 4.78 is 11.0. The number of hydrogen-bond donors (Lipinski definition) is 0. The first-order chi connectivity index (χ1) is 10.8. The van der Waals surface area contributed by atoms with Crippen LogP contribution in [0.3, 0.4) is 0 Å². The van der Waals surface area contributed by atoms with Crippen molar-refractivity contribution in [3.63, 3.8) is 0 Å². The molecule has 0 aliphatic carbocycles. The van der Waals surface area contributed by atoms with Crippen molar-refractivity contribution in [1.82, 2.24) is 4.90 Å². The zero-order valence-electron chi connectivity index (χ0n) is 12.8. The van der Waals surface area contributed by atoms with E-state index in [1.54, 1.807) is 6.26 Å². The summed E-state index contributed by atoms with van der Waals surface area (Å²) in [6, 6.07) is 13.8. The van der Waals surface area contributed by atoms with E-state index >= 15 is 0 Å². The quantitative estimate of drug-likeness (QED) is 0.848. The van der Waals surface area contributed by atoms with Crippen LogP contribution in [-0.2, 0) is 16.1 Å². The molecule has 1 aliphatic heterocycles. The van der Waals surface area contributed by atoms with E-state index in [0.29, 0.717) is 13.2 Å². The van der Waals surface area contributed by atoms with Gasteiger partial charge in [0.15, 0.2) is 0 Å². The van der Waals surface area contributed by atoms with Gasteiger partial charge in [0, 0.05) is 6.61 Å². The smallest absolute Gasteiger partial charge is 0.252 e. The monoisotopic (exact) mass is 299 g/mol. The molecule has 0 spiro atoms. The Bertz CT molecular complexity index is 588. The van der Waals surface area contributed by atoms with E-state index in [0.717, 1.165) is 24.2 Å². The third-order valence-corrected chi connectivity index (χ3v) is 4.14. The molecular formula is C18H21NO3. The van der Waals surface area contributed by atoms with Gasteiger partial charge >= 0.3 is 0 Å². The van der Waals surface area contributed by atoms with E-state index < -0.39 is 0 Å². The van der Waals surface area contributed by atoms with E-state index in [1.165, 1.54) is 0 Å². The van der Waals surface area contributed by atoms with Crippen LogP contribution in [0.15, 0.2) is 53.1 Å². The van der Waals surface area contributed by atoms with Gasteiger partial charge in [-0.1, -0.05) is 30.3 Å². The Labute approximate surface area is 130 Å². The van der Waals surface area contributed by atoms with Crippen molar-refractivity contribution in [2.45, 2.75) is 38.5 Å². The van der Waals surface area contributed by atoms with Crippen molar-refractivity contribution in [3.8, 4) is 0 Å². The molecule has 0 saturated carbocycles. The molecule has 2 atom stereocenters. The molecule has 4 heteroatoms. The number of carbonyl (C=O) groups is 1. The molecule has 116 valence electrons. The Kier molecular flexibility index (Phi) is 4.59. The Morgan fingerprint density at radius 1 is 1.27 bits per heavy atom. The molecule has 2 aromatic rings. The Balaban J connectivity index is 1.83.